The lowest BCUT2D eigenvalue weighted by Crippen LogP contribution is -2.37. The average molecular weight is 399 g/mol. The normalized spacial score (nSPS) is 16.4. The molecule has 1 atom stereocenters. The summed E-state index contributed by atoms with van der Waals surface area (Å²) in [5.74, 6) is -0.148. The Balaban J connectivity index is 1.67. The molecule has 4 nitrogen and oxygen atoms in total. The first kappa shape index (κ1) is 18.2. The summed E-state index contributed by atoms with van der Waals surface area (Å²) in [5.41, 5.74) is 2.37. The van der Waals surface area contributed by atoms with E-state index in [0.717, 1.165) is 30.7 Å². The van der Waals surface area contributed by atoms with Gasteiger partial charge >= 0.3 is 0 Å². The van der Waals surface area contributed by atoms with Gasteiger partial charge in [-0.05, 0) is 25.0 Å². The number of rotatable bonds is 5. The zero-order valence-corrected chi connectivity index (χ0v) is 16.2. The number of ether oxygens (including phenoxy) is 1. The maximum absolute atomic E-state index is 13.3. The standard InChI is InChI=1S/C21H19ClN2O2S/c22-18-11-5-4-10-17(18)20(25)24(13-16-9-6-12-26-16)21-23-19(14-27-21)15-7-2-1-3-8-15/h1-5,7-8,10-11,14,16H,6,9,12-13H2/t16-/m0/s1. The number of carbonyl (C=O) groups is 1. The first-order valence-corrected chi connectivity index (χ1v) is 10.2. The zero-order valence-electron chi connectivity index (χ0n) is 14.7. The summed E-state index contributed by atoms with van der Waals surface area (Å²) in [6, 6.07) is 17.1. The predicted molar refractivity (Wildman–Crippen MR) is 110 cm³/mol. The SMILES string of the molecule is O=C(c1ccccc1Cl)N(C[C@@H]1CCCO1)c1nc(-c2ccccc2)cs1. The van der Waals surface area contributed by atoms with Crippen molar-refractivity contribution in [1.29, 1.82) is 0 Å². The topological polar surface area (TPSA) is 42.4 Å². The van der Waals surface area contributed by atoms with E-state index in [9.17, 15) is 4.79 Å². The largest absolute Gasteiger partial charge is 0.376 e. The van der Waals surface area contributed by atoms with Gasteiger partial charge in [0.25, 0.3) is 5.91 Å². The van der Waals surface area contributed by atoms with Crippen LogP contribution in [0.5, 0.6) is 0 Å². The highest BCUT2D eigenvalue weighted by Gasteiger charge is 2.27. The van der Waals surface area contributed by atoms with Crippen molar-refractivity contribution in [2.45, 2.75) is 18.9 Å². The van der Waals surface area contributed by atoms with Crippen LogP contribution in [0.15, 0.2) is 60.0 Å². The molecular formula is C21H19ClN2O2S. The molecule has 0 N–H and O–H groups in total. The monoisotopic (exact) mass is 398 g/mol. The predicted octanol–water partition coefficient (Wildman–Crippen LogP) is 5.29. The second kappa shape index (κ2) is 8.21. The molecule has 0 bridgehead atoms. The third-order valence-electron chi connectivity index (χ3n) is 4.55. The summed E-state index contributed by atoms with van der Waals surface area (Å²) in [5, 5.41) is 3.08. The zero-order chi connectivity index (χ0) is 18.6. The van der Waals surface area contributed by atoms with Gasteiger partial charge in [0.2, 0.25) is 0 Å². The molecule has 0 spiro atoms. The Kier molecular flexibility index (Phi) is 5.53. The minimum Gasteiger partial charge on any atom is -0.376 e. The van der Waals surface area contributed by atoms with Gasteiger partial charge in [-0.15, -0.1) is 11.3 Å². The van der Waals surface area contributed by atoms with E-state index in [-0.39, 0.29) is 12.0 Å². The van der Waals surface area contributed by atoms with Crippen LogP contribution in [0.4, 0.5) is 5.13 Å². The van der Waals surface area contributed by atoms with Crippen molar-refractivity contribution < 1.29 is 9.53 Å². The summed E-state index contributed by atoms with van der Waals surface area (Å²) in [4.78, 5) is 19.7. The van der Waals surface area contributed by atoms with Crippen LogP contribution in [0.3, 0.4) is 0 Å². The first-order valence-electron chi connectivity index (χ1n) is 8.91. The van der Waals surface area contributed by atoms with E-state index in [2.05, 4.69) is 0 Å². The van der Waals surface area contributed by atoms with Crippen molar-refractivity contribution in [3.63, 3.8) is 0 Å². The van der Waals surface area contributed by atoms with Gasteiger partial charge in [0.1, 0.15) is 0 Å². The number of thiazole rings is 1. The fourth-order valence-corrected chi connectivity index (χ4v) is 4.21. The van der Waals surface area contributed by atoms with Gasteiger partial charge < -0.3 is 4.74 Å². The van der Waals surface area contributed by atoms with Gasteiger partial charge in [0.15, 0.2) is 5.13 Å². The van der Waals surface area contributed by atoms with Crippen molar-refractivity contribution in [2.75, 3.05) is 18.1 Å². The Labute approximate surface area is 167 Å². The number of nitrogens with zero attached hydrogens (tertiary/aromatic N) is 2. The molecule has 2 heterocycles. The van der Waals surface area contributed by atoms with Crippen LogP contribution in [0.1, 0.15) is 23.2 Å². The molecule has 4 rings (SSSR count). The molecule has 1 amide bonds. The molecule has 1 aliphatic heterocycles. The Hall–Kier alpha value is -2.21. The molecule has 0 unspecified atom stereocenters. The molecule has 1 fully saturated rings. The van der Waals surface area contributed by atoms with Gasteiger partial charge in [0.05, 0.1) is 28.9 Å². The molecule has 3 aromatic rings. The third-order valence-corrected chi connectivity index (χ3v) is 5.75. The average Bonchev–Trinajstić information content (AvgIpc) is 3.39. The molecule has 1 saturated heterocycles. The van der Waals surface area contributed by atoms with E-state index in [1.807, 2.05) is 47.8 Å². The molecule has 1 aliphatic rings. The maximum Gasteiger partial charge on any atom is 0.261 e. The number of aromatic nitrogens is 1. The Morgan fingerprint density at radius 1 is 1.19 bits per heavy atom. The van der Waals surface area contributed by atoms with Gasteiger partial charge in [-0.1, -0.05) is 54.1 Å². The molecule has 0 saturated carbocycles. The highest BCUT2D eigenvalue weighted by Crippen LogP contribution is 2.30. The minimum atomic E-state index is -0.148. The quantitative estimate of drug-likeness (QED) is 0.586. The van der Waals surface area contributed by atoms with Crippen LogP contribution in [0.25, 0.3) is 11.3 Å². The van der Waals surface area contributed by atoms with Crippen LogP contribution in [-0.2, 0) is 4.74 Å². The van der Waals surface area contributed by atoms with E-state index < -0.39 is 0 Å². The number of anilines is 1. The van der Waals surface area contributed by atoms with Crippen molar-refractivity contribution in [3.8, 4) is 11.3 Å². The fourth-order valence-electron chi connectivity index (χ4n) is 3.15. The molecule has 0 aliphatic carbocycles. The van der Waals surface area contributed by atoms with Crippen molar-refractivity contribution in [2.24, 2.45) is 0 Å². The first-order chi connectivity index (χ1) is 13.2. The summed E-state index contributed by atoms with van der Waals surface area (Å²) >= 11 is 7.73. The van der Waals surface area contributed by atoms with Crippen molar-refractivity contribution >= 4 is 34.0 Å². The Morgan fingerprint density at radius 3 is 2.70 bits per heavy atom. The van der Waals surface area contributed by atoms with Crippen molar-refractivity contribution in [1.82, 2.24) is 4.98 Å². The highest BCUT2D eigenvalue weighted by atomic mass is 35.5. The summed E-state index contributed by atoms with van der Waals surface area (Å²) < 4.78 is 5.76. The second-order valence-electron chi connectivity index (χ2n) is 6.41. The second-order valence-corrected chi connectivity index (χ2v) is 7.66. The number of benzene rings is 2. The molecule has 138 valence electrons. The lowest BCUT2D eigenvalue weighted by atomic mass is 10.1. The number of hydrogen-bond acceptors (Lipinski definition) is 4. The fraction of sp³-hybridized carbons (Fsp3) is 0.238. The van der Waals surface area contributed by atoms with E-state index in [0.29, 0.717) is 22.3 Å². The van der Waals surface area contributed by atoms with Crippen LogP contribution in [0.2, 0.25) is 5.02 Å². The third kappa shape index (κ3) is 4.05. The molecule has 0 radical (unpaired) electrons. The Bertz CT molecular complexity index is 923. The lowest BCUT2D eigenvalue weighted by Gasteiger charge is -2.23. The molecule has 2 aromatic carbocycles. The van der Waals surface area contributed by atoms with Crippen LogP contribution < -0.4 is 4.90 Å². The molecular weight excluding hydrogens is 380 g/mol. The van der Waals surface area contributed by atoms with E-state index in [1.54, 1.807) is 17.0 Å². The highest BCUT2D eigenvalue weighted by molar-refractivity contribution is 7.14. The van der Waals surface area contributed by atoms with E-state index in [4.69, 9.17) is 21.3 Å². The van der Waals surface area contributed by atoms with Gasteiger partial charge in [-0.2, -0.15) is 0 Å². The van der Waals surface area contributed by atoms with Gasteiger partial charge in [0, 0.05) is 17.6 Å². The smallest absolute Gasteiger partial charge is 0.261 e. The molecule has 1 aromatic heterocycles. The summed E-state index contributed by atoms with van der Waals surface area (Å²) in [6.45, 7) is 1.22. The summed E-state index contributed by atoms with van der Waals surface area (Å²) in [7, 11) is 0. The van der Waals surface area contributed by atoms with Crippen LogP contribution in [0, 0.1) is 0 Å². The molecule has 6 heteroatoms. The lowest BCUT2D eigenvalue weighted by molar-refractivity contribution is 0.0917. The van der Waals surface area contributed by atoms with Crippen LogP contribution >= 0.6 is 22.9 Å². The number of hydrogen-bond donors (Lipinski definition) is 0. The van der Waals surface area contributed by atoms with Gasteiger partial charge in [-0.3, -0.25) is 9.69 Å². The van der Waals surface area contributed by atoms with E-state index in [1.165, 1.54) is 11.3 Å². The van der Waals surface area contributed by atoms with E-state index >= 15 is 0 Å². The van der Waals surface area contributed by atoms with Crippen LogP contribution in [-0.4, -0.2) is 30.1 Å². The van der Waals surface area contributed by atoms with Gasteiger partial charge in [-0.25, -0.2) is 4.98 Å². The summed E-state index contributed by atoms with van der Waals surface area (Å²) in [6.07, 6.45) is 2.00. The number of amides is 1. The minimum absolute atomic E-state index is 0.0283. The van der Waals surface area contributed by atoms with Crippen molar-refractivity contribution in [3.05, 3.63) is 70.6 Å². The number of carbonyl (C=O) groups excluding carboxylic acids is 1. The maximum atomic E-state index is 13.3. The number of halogens is 1. The molecule has 27 heavy (non-hydrogen) atoms. The Morgan fingerprint density at radius 2 is 1.96 bits per heavy atom.